The van der Waals surface area contributed by atoms with E-state index in [4.69, 9.17) is 0 Å². The monoisotopic (exact) mass is 297 g/mol. The van der Waals surface area contributed by atoms with Crippen LogP contribution in [-0.4, -0.2) is 40.3 Å². The maximum atomic E-state index is 12.4. The van der Waals surface area contributed by atoms with E-state index in [0.29, 0.717) is 6.54 Å². The van der Waals surface area contributed by atoms with Gasteiger partial charge < -0.3 is 15.5 Å². The highest BCUT2D eigenvalue weighted by atomic mass is 16.2. The molecule has 2 aromatic rings. The minimum atomic E-state index is -0.0273. The highest BCUT2D eigenvalue weighted by Crippen LogP contribution is 2.26. The number of anilines is 2. The van der Waals surface area contributed by atoms with Gasteiger partial charge in [-0.05, 0) is 42.7 Å². The SMILES string of the molecule is O=C(Nc1ccc2c(c1)CCN2)N1CCC(n2cccn2)C1. The molecule has 22 heavy (non-hydrogen) atoms. The zero-order chi connectivity index (χ0) is 14.9. The van der Waals surface area contributed by atoms with Crippen molar-refractivity contribution in [1.29, 1.82) is 0 Å². The van der Waals surface area contributed by atoms with Crippen LogP contribution in [0.2, 0.25) is 0 Å². The van der Waals surface area contributed by atoms with E-state index in [0.717, 1.165) is 31.6 Å². The van der Waals surface area contributed by atoms with Gasteiger partial charge in [0.1, 0.15) is 0 Å². The van der Waals surface area contributed by atoms with Crippen LogP contribution in [0.4, 0.5) is 16.2 Å². The van der Waals surface area contributed by atoms with Gasteiger partial charge in [0, 0.05) is 43.4 Å². The lowest BCUT2D eigenvalue weighted by Gasteiger charge is -2.18. The second-order valence-electron chi connectivity index (χ2n) is 5.85. The summed E-state index contributed by atoms with van der Waals surface area (Å²) >= 11 is 0. The molecule has 4 rings (SSSR count). The molecule has 114 valence electrons. The Morgan fingerprint density at radius 3 is 3.23 bits per heavy atom. The van der Waals surface area contributed by atoms with Crippen molar-refractivity contribution in [3.05, 3.63) is 42.2 Å². The number of rotatable bonds is 2. The van der Waals surface area contributed by atoms with Gasteiger partial charge in [-0.25, -0.2) is 4.79 Å². The predicted octanol–water partition coefficient (Wildman–Crippen LogP) is 2.33. The minimum absolute atomic E-state index is 0.0273. The smallest absolute Gasteiger partial charge is 0.321 e. The van der Waals surface area contributed by atoms with E-state index in [1.165, 1.54) is 11.3 Å². The molecular formula is C16H19N5O. The Kier molecular flexibility index (Phi) is 3.21. The molecule has 6 heteroatoms. The zero-order valence-corrected chi connectivity index (χ0v) is 12.3. The highest BCUT2D eigenvalue weighted by molar-refractivity contribution is 5.90. The number of urea groups is 1. The number of carbonyl (C=O) groups excluding carboxylic acids is 1. The summed E-state index contributed by atoms with van der Waals surface area (Å²) in [6, 6.07) is 8.23. The zero-order valence-electron chi connectivity index (χ0n) is 12.3. The van der Waals surface area contributed by atoms with Gasteiger partial charge in [-0.15, -0.1) is 0 Å². The average molecular weight is 297 g/mol. The molecule has 6 nitrogen and oxygen atoms in total. The third-order valence-corrected chi connectivity index (χ3v) is 4.42. The van der Waals surface area contributed by atoms with Crippen molar-refractivity contribution in [2.24, 2.45) is 0 Å². The second-order valence-corrected chi connectivity index (χ2v) is 5.85. The third kappa shape index (κ3) is 2.41. The Morgan fingerprint density at radius 2 is 2.36 bits per heavy atom. The van der Waals surface area contributed by atoms with Crippen molar-refractivity contribution in [2.45, 2.75) is 18.9 Å². The summed E-state index contributed by atoms with van der Waals surface area (Å²) in [5.74, 6) is 0. The topological polar surface area (TPSA) is 62.2 Å². The summed E-state index contributed by atoms with van der Waals surface area (Å²) in [5.41, 5.74) is 3.32. The van der Waals surface area contributed by atoms with E-state index in [-0.39, 0.29) is 12.1 Å². The molecule has 1 saturated heterocycles. The van der Waals surface area contributed by atoms with E-state index in [1.807, 2.05) is 34.0 Å². The molecule has 1 fully saturated rings. The number of hydrogen-bond acceptors (Lipinski definition) is 3. The molecule has 0 spiro atoms. The Labute approximate surface area is 129 Å². The number of nitrogens with one attached hydrogen (secondary N) is 2. The first kappa shape index (κ1) is 13.2. The summed E-state index contributed by atoms with van der Waals surface area (Å²) in [4.78, 5) is 14.3. The summed E-state index contributed by atoms with van der Waals surface area (Å²) in [7, 11) is 0. The van der Waals surface area contributed by atoms with E-state index >= 15 is 0 Å². The van der Waals surface area contributed by atoms with Crippen LogP contribution in [0.1, 0.15) is 18.0 Å². The van der Waals surface area contributed by atoms with Crippen LogP contribution in [0, 0.1) is 0 Å². The lowest BCUT2D eigenvalue weighted by Crippen LogP contribution is -2.33. The first-order chi connectivity index (χ1) is 10.8. The lowest BCUT2D eigenvalue weighted by molar-refractivity contribution is 0.220. The molecule has 2 aliphatic heterocycles. The first-order valence-corrected chi connectivity index (χ1v) is 7.71. The van der Waals surface area contributed by atoms with Gasteiger partial charge in [0.25, 0.3) is 0 Å². The predicted molar refractivity (Wildman–Crippen MR) is 85.1 cm³/mol. The molecule has 1 aromatic carbocycles. The van der Waals surface area contributed by atoms with Crippen LogP contribution in [0.5, 0.6) is 0 Å². The Hall–Kier alpha value is -2.50. The standard InChI is InChI=1S/C16H19N5O/c22-16(19-13-2-3-15-12(10-13)4-7-17-15)20-9-5-14(11-20)21-8-1-6-18-21/h1-3,6,8,10,14,17H,4-5,7,9,11H2,(H,19,22). The Balaban J connectivity index is 1.40. The van der Waals surface area contributed by atoms with Crippen molar-refractivity contribution in [2.75, 3.05) is 30.3 Å². The number of likely N-dealkylation sites (tertiary alicyclic amines) is 1. The van der Waals surface area contributed by atoms with Crippen molar-refractivity contribution in [3.63, 3.8) is 0 Å². The van der Waals surface area contributed by atoms with Crippen LogP contribution < -0.4 is 10.6 Å². The molecular weight excluding hydrogens is 278 g/mol. The molecule has 3 heterocycles. The number of carbonyl (C=O) groups is 1. The summed E-state index contributed by atoms with van der Waals surface area (Å²) in [5, 5.41) is 10.6. The van der Waals surface area contributed by atoms with E-state index in [9.17, 15) is 4.79 Å². The number of nitrogens with zero attached hydrogens (tertiary/aromatic N) is 3. The summed E-state index contributed by atoms with van der Waals surface area (Å²) in [6.07, 6.45) is 5.70. The molecule has 1 unspecified atom stereocenters. The van der Waals surface area contributed by atoms with Crippen LogP contribution in [0.25, 0.3) is 0 Å². The fourth-order valence-electron chi connectivity index (χ4n) is 3.22. The fourth-order valence-corrected chi connectivity index (χ4v) is 3.22. The largest absolute Gasteiger partial charge is 0.384 e. The number of fused-ring (bicyclic) bond motifs is 1. The summed E-state index contributed by atoms with van der Waals surface area (Å²) in [6.45, 7) is 2.45. The first-order valence-electron chi connectivity index (χ1n) is 7.71. The molecule has 2 N–H and O–H groups in total. The van der Waals surface area contributed by atoms with Crippen LogP contribution in [-0.2, 0) is 6.42 Å². The van der Waals surface area contributed by atoms with Gasteiger partial charge >= 0.3 is 6.03 Å². The molecule has 0 bridgehead atoms. The minimum Gasteiger partial charge on any atom is -0.384 e. The molecule has 1 aromatic heterocycles. The van der Waals surface area contributed by atoms with Crippen LogP contribution in [0.15, 0.2) is 36.7 Å². The molecule has 0 saturated carbocycles. The molecule has 0 radical (unpaired) electrons. The molecule has 0 aliphatic carbocycles. The Bertz CT molecular complexity index is 682. The quantitative estimate of drug-likeness (QED) is 0.894. The summed E-state index contributed by atoms with van der Waals surface area (Å²) < 4.78 is 1.94. The number of benzene rings is 1. The van der Waals surface area contributed by atoms with Crippen molar-refractivity contribution in [1.82, 2.24) is 14.7 Å². The molecule has 2 amide bonds. The van der Waals surface area contributed by atoms with Gasteiger partial charge in [0.2, 0.25) is 0 Å². The highest BCUT2D eigenvalue weighted by Gasteiger charge is 2.27. The molecule has 1 atom stereocenters. The van der Waals surface area contributed by atoms with Crippen molar-refractivity contribution >= 4 is 17.4 Å². The lowest BCUT2D eigenvalue weighted by atomic mass is 10.1. The number of aromatic nitrogens is 2. The van der Waals surface area contributed by atoms with Gasteiger partial charge in [0.05, 0.1) is 6.04 Å². The second kappa shape index (κ2) is 5.36. The van der Waals surface area contributed by atoms with E-state index in [1.54, 1.807) is 6.20 Å². The maximum Gasteiger partial charge on any atom is 0.321 e. The van der Waals surface area contributed by atoms with Crippen LogP contribution in [0.3, 0.4) is 0 Å². The van der Waals surface area contributed by atoms with E-state index < -0.39 is 0 Å². The van der Waals surface area contributed by atoms with Gasteiger partial charge in [-0.3, -0.25) is 4.68 Å². The van der Waals surface area contributed by atoms with Crippen molar-refractivity contribution < 1.29 is 4.79 Å². The Morgan fingerprint density at radius 1 is 1.41 bits per heavy atom. The average Bonchev–Trinajstić information content (AvgIpc) is 3.26. The van der Waals surface area contributed by atoms with Gasteiger partial charge in [0.15, 0.2) is 0 Å². The normalized spacial score (nSPS) is 19.8. The number of hydrogen-bond donors (Lipinski definition) is 2. The third-order valence-electron chi connectivity index (χ3n) is 4.42. The van der Waals surface area contributed by atoms with Crippen molar-refractivity contribution in [3.8, 4) is 0 Å². The van der Waals surface area contributed by atoms with Gasteiger partial charge in [-0.2, -0.15) is 5.10 Å². The fraction of sp³-hybridized carbons (Fsp3) is 0.375. The van der Waals surface area contributed by atoms with E-state index in [2.05, 4.69) is 21.8 Å². The van der Waals surface area contributed by atoms with Crippen LogP contribution >= 0.6 is 0 Å². The molecule has 2 aliphatic rings. The maximum absolute atomic E-state index is 12.4. The number of amides is 2. The van der Waals surface area contributed by atoms with Gasteiger partial charge in [-0.1, -0.05) is 0 Å².